The third-order valence-corrected chi connectivity index (χ3v) is 5.27. The van der Waals surface area contributed by atoms with Crippen LogP contribution in [-0.4, -0.2) is 64.2 Å². The summed E-state index contributed by atoms with van der Waals surface area (Å²) in [6.45, 7) is 8.30. The fraction of sp³-hybridized carbons (Fsp3) is 0.583. The van der Waals surface area contributed by atoms with E-state index in [1.54, 1.807) is 13.8 Å². The number of hydrogen-bond acceptors (Lipinski definition) is 6. The second kappa shape index (κ2) is 13.7. The molecule has 0 aromatic heterocycles. The van der Waals surface area contributed by atoms with Gasteiger partial charge in [-0.05, 0) is 37.2 Å². The molecule has 0 aliphatic rings. The van der Waals surface area contributed by atoms with Gasteiger partial charge in [0.05, 0.1) is 12.1 Å². The van der Waals surface area contributed by atoms with Crippen molar-refractivity contribution in [3.63, 3.8) is 0 Å². The van der Waals surface area contributed by atoms with Gasteiger partial charge in [0.2, 0.25) is 17.7 Å². The monoisotopic (exact) mass is 478 g/mol. The number of nitrogens with one attached hydrogen (secondary N) is 3. The van der Waals surface area contributed by atoms with E-state index in [0.29, 0.717) is 0 Å². The Labute approximate surface area is 200 Å². The van der Waals surface area contributed by atoms with Crippen LogP contribution in [0.5, 0.6) is 0 Å². The maximum absolute atomic E-state index is 13.0. The van der Waals surface area contributed by atoms with Crippen molar-refractivity contribution in [3.05, 3.63) is 35.9 Å². The Morgan fingerprint density at radius 3 is 1.88 bits per heavy atom. The van der Waals surface area contributed by atoms with Crippen LogP contribution in [0.2, 0.25) is 0 Å². The molecule has 0 radical (unpaired) electrons. The summed E-state index contributed by atoms with van der Waals surface area (Å²) in [5.74, 6) is -3.64. The number of aliphatic carboxylic acids is 1. The number of carbonyl (C=O) groups excluding carboxylic acids is 3. The van der Waals surface area contributed by atoms with Crippen LogP contribution < -0.4 is 21.7 Å². The molecule has 10 heteroatoms. The molecule has 3 amide bonds. The number of hydrogen-bond donors (Lipinski definition) is 6. The summed E-state index contributed by atoms with van der Waals surface area (Å²) in [7, 11) is 0. The van der Waals surface area contributed by atoms with E-state index in [-0.39, 0.29) is 18.8 Å². The number of aliphatic hydroxyl groups excluding tert-OH is 1. The average molecular weight is 479 g/mol. The molecule has 1 rings (SSSR count). The first-order valence-electron chi connectivity index (χ1n) is 11.4. The van der Waals surface area contributed by atoms with Gasteiger partial charge in [-0.3, -0.25) is 14.4 Å². The van der Waals surface area contributed by atoms with Gasteiger partial charge in [-0.15, -0.1) is 0 Å². The molecule has 0 fully saturated rings. The Bertz CT molecular complexity index is 828. The molecule has 0 spiro atoms. The van der Waals surface area contributed by atoms with Gasteiger partial charge in [0.15, 0.2) is 0 Å². The zero-order valence-corrected chi connectivity index (χ0v) is 20.4. The molecule has 0 aliphatic carbocycles. The lowest BCUT2D eigenvalue weighted by atomic mass is 10.00. The molecule has 34 heavy (non-hydrogen) atoms. The second-order valence-corrected chi connectivity index (χ2v) is 9.28. The fourth-order valence-electron chi connectivity index (χ4n) is 3.36. The molecule has 0 heterocycles. The van der Waals surface area contributed by atoms with Crippen LogP contribution in [0.4, 0.5) is 0 Å². The van der Waals surface area contributed by atoms with E-state index in [0.717, 1.165) is 5.56 Å². The van der Waals surface area contributed by atoms with E-state index in [9.17, 15) is 29.4 Å². The van der Waals surface area contributed by atoms with Crippen LogP contribution in [0, 0.1) is 11.8 Å². The number of nitrogens with two attached hydrogens (primary N) is 1. The lowest BCUT2D eigenvalue weighted by Crippen LogP contribution is -2.60. The zero-order chi connectivity index (χ0) is 26.0. The SMILES string of the molecule is CC(C)CC(NC(=O)C(N)Cc1ccccc1)C(=O)NC(C(=O)NC(C(=O)O)C(C)C)C(C)O. The summed E-state index contributed by atoms with van der Waals surface area (Å²) in [5.41, 5.74) is 6.91. The van der Waals surface area contributed by atoms with E-state index >= 15 is 0 Å². The molecule has 5 atom stereocenters. The molecular weight excluding hydrogens is 440 g/mol. The number of aliphatic hydroxyl groups is 1. The number of amides is 3. The second-order valence-electron chi connectivity index (χ2n) is 9.28. The van der Waals surface area contributed by atoms with Crippen molar-refractivity contribution in [3.8, 4) is 0 Å². The van der Waals surface area contributed by atoms with Crippen LogP contribution in [-0.2, 0) is 25.6 Å². The van der Waals surface area contributed by atoms with Crippen molar-refractivity contribution in [2.45, 2.75) is 77.7 Å². The number of carbonyl (C=O) groups is 4. The normalized spacial score (nSPS) is 15.7. The molecule has 7 N–H and O–H groups in total. The van der Waals surface area contributed by atoms with Crippen LogP contribution in [0.1, 0.15) is 46.6 Å². The van der Waals surface area contributed by atoms with E-state index < -0.39 is 59.9 Å². The van der Waals surface area contributed by atoms with Crippen LogP contribution >= 0.6 is 0 Å². The number of rotatable bonds is 13. The quantitative estimate of drug-likeness (QED) is 0.235. The van der Waals surface area contributed by atoms with Gasteiger partial charge >= 0.3 is 5.97 Å². The highest BCUT2D eigenvalue weighted by Crippen LogP contribution is 2.09. The summed E-state index contributed by atoms with van der Waals surface area (Å²) in [6.07, 6.45) is -0.748. The molecule has 1 aromatic carbocycles. The third kappa shape index (κ3) is 9.48. The van der Waals surface area contributed by atoms with Gasteiger partial charge in [0.1, 0.15) is 18.1 Å². The van der Waals surface area contributed by atoms with E-state index in [2.05, 4.69) is 16.0 Å². The van der Waals surface area contributed by atoms with Gasteiger partial charge < -0.3 is 31.9 Å². The van der Waals surface area contributed by atoms with Gasteiger partial charge in [-0.25, -0.2) is 4.79 Å². The Balaban J connectivity index is 2.92. The highest BCUT2D eigenvalue weighted by molar-refractivity contribution is 5.94. The van der Waals surface area contributed by atoms with Crippen molar-refractivity contribution >= 4 is 23.7 Å². The standard InChI is InChI=1S/C24H38N4O6/c1-13(2)11-18(26-21(30)17(25)12-16-9-7-6-8-10-16)22(31)28-20(15(5)29)23(32)27-19(14(3)4)24(33)34/h6-10,13-15,17-20,29H,11-12,25H2,1-5H3,(H,26,30)(H,27,32)(H,28,31)(H,33,34). The number of carboxylic acids is 1. The molecule has 0 saturated heterocycles. The van der Waals surface area contributed by atoms with Crippen molar-refractivity contribution < 1.29 is 29.4 Å². The lowest BCUT2D eigenvalue weighted by molar-refractivity contribution is -0.144. The molecule has 0 saturated carbocycles. The maximum atomic E-state index is 13.0. The van der Waals surface area contributed by atoms with E-state index in [4.69, 9.17) is 5.73 Å². The van der Waals surface area contributed by atoms with Gasteiger partial charge in [0, 0.05) is 0 Å². The van der Waals surface area contributed by atoms with E-state index in [1.165, 1.54) is 6.92 Å². The van der Waals surface area contributed by atoms with Gasteiger partial charge in [-0.2, -0.15) is 0 Å². The van der Waals surface area contributed by atoms with Crippen LogP contribution in [0.25, 0.3) is 0 Å². The molecule has 1 aromatic rings. The summed E-state index contributed by atoms with van der Waals surface area (Å²) in [6, 6.07) is 4.75. The van der Waals surface area contributed by atoms with Crippen molar-refractivity contribution in [1.82, 2.24) is 16.0 Å². The minimum Gasteiger partial charge on any atom is -0.480 e. The minimum absolute atomic E-state index is 0.0255. The first-order chi connectivity index (χ1) is 15.8. The average Bonchev–Trinajstić information content (AvgIpc) is 2.74. The highest BCUT2D eigenvalue weighted by Gasteiger charge is 2.33. The third-order valence-electron chi connectivity index (χ3n) is 5.27. The van der Waals surface area contributed by atoms with Crippen LogP contribution in [0.15, 0.2) is 30.3 Å². The summed E-state index contributed by atoms with van der Waals surface area (Å²) < 4.78 is 0. The summed E-state index contributed by atoms with van der Waals surface area (Å²) in [4.78, 5) is 49.8. The smallest absolute Gasteiger partial charge is 0.326 e. The molecule has 10 nitrogen and oxygen atoms in total. The Kier molecular flexibility index (Phi) is 11.7. The van der Waals surface area contributed by atoms with E-state index in [1.807, 2.05) is 44.2 Å². The van der Waals surface area contributed by atoms with Gasteiger partial charge in [0.25, 0.3) is 0 Å². The largest absolute Gasteiger partial charge is 0.480 e. The van der Waals surface area contributed by atoms with Gasteiger partial charge in [-0.1, -0.05) is 58.0 Å². The molecule has 0 aliphatic heterocycles. The highest BCUT2D eigenvalue weighted by atomic mass is 16.4. The van der Waals surface area contributed by atoms with Crippen molar-refractivity contribution in [1.29, 1.82) is 0 Å². The predicted molar refractivity (Wildman–Crippen MR) is 128 cm³/mol. The lowest BCUT2D eigenvalue weighted by Gasteiger charge is -2.28. The number of carboxylic acid groups (broad SMARTS) is 1. The Morgan fingerprint density at radius 2 is 1.41 bits per heavy atom. The Morgan fingerprint density at radius 1 is 0.853 bits per heavy atom. The maximum Gasteiger partial charge on any atom is 0.326 e. The zero-order valence-electron chi connectivity index (χ0n) is 20.4. The summed E-state index contributed by atoms with van der Waals surface area (Å²) >= 11 is 0. The van der Waals surface area contributed by atoms with Crippen molar-refractivity contribution in [2.75, 3.05) is 0 Å². The molecule has 5 unspecified atom stereocenters. The fourth-order valence-corrected chi connectivity index (χ4v) is 3.36. The minimum atomic E-state index is -1.40. The van der Waals surface area contributed by atoms with Crippen molar-refractivity contribution in [2.24, 2.45) is 17.6 Å². The van der Waals surface area contributed by atoms with Crippen LogP contribution in [0.3, 0.4) is 0 Å². The topological polar surface area (TPSA) is 171 Å². The number of benzene rings is 1. The Hall–Kier alpha value is -2.98. The molecular formula is C24H38N4O6. The predicted octanol–water partition coefficient (Wildman–Crippen LogP) is 0.178. The summed E-state index contributed by atoms with van der Waals surface area (Å²) in [5, 5.41) is 26.8. The first-order valence-corrected chi connectivity index (χ1v) is 11.4. The first kappa shape index (κ1) is 29.1. The molecule has 0 bridgehead atoms. The molecule has 190 valence electrons.